The van der Waals surface area contributed by atoms with Crippen molar-refractivity contribution in [2.24, 2.45) is 0 Å². The lowest BCUT2D eigenvalue weighted by molar-refractivity contribution is -0.384. The van der Waals surface area contributed by atoms with Crippen LogP contribution in [0.25, 0.3) is 11.4 Å². The monoisotopic (exact) mass is 267 g/mol. The first-order valence-electron chi connectivity index (χ1n) is 4.94. The largest absolute Gasteiger partial charge is 0.280 e. The Labute approximate surface area is 106 Å². The summed E-state index contributed by atoms with van der Waals surface area (Å²) in [5.74, 6) is -0.690. The maximum atomic E-state index is 13.3. The van der Waals surface area contributed by atoms with Gasteiger partial charge in [0.15, 0.2) is 16.8 Å². The number of nitro groups is 1. The molecule has 1 heterocycles. The lowest BCUT2D eigenvalue weighted by Gasteiger charge is -2.04. The van der Waals surface area contributed by atoms with E-state index >= 15 is 0 Å². The Bertz CT molecular complexity index is 610. The molecule has 0 N–H and O–H groups in total. The van der Waals surface area contributed by atoms with Gasteiger partial charge in [-0.1, -0.05) is 23.7 Å². The van der Waals surface area contributed by atoms with Crippen LogP contribution in [0.1, 0.15) is 5.69 Å². The van der Waals surface area contributed by atoms with E-state index in [9.17, 15) is 14.5 Å². The molecule has 0 fully saturated rings. The molecule has 7 heteroatoms. The lowest BCUT2D eigenvalue weighted by Crippen LogP contribution is -2.00. The first-order chi connectivity index (χ1) is 8.50. The standard InChI is InChI=1S/C11H7ClFN3O2/c1-6-9(13)10(12)15-11(14-6)7-4-2-3-5-8(7)16(17)18/h2-5H,1H3. The average Bonchev–Trinajstić information content (AvgIpc) is 2.35. The molecule has 0 saturated heterocycles. The van der Waals surface area contributed by atoms with Crippen molar-refractivity contribution in [3.63, 3.8) is 0 Å². The molecule has 2 aromatic rings. The third-order valence-corrected chi connectivity index (χ3v) is 2.57. The fourth-order valence-corrected chi connectivity index (χ4v) is 1.68. The van der Waals surface area contributed by atoms with Crippen molar-refractivity contribution in [3.05, 3.63) is 51.0 Å². The van der Waals surface area contributed by atoms with Crippen LogP contribution < -0.4 is 0 Å². The molecular formula is C11H7ClFN3O2. The first kappa shape index (κ1) is 12.4. The van der Waals surface area contributed by atoms with Crippen LogP contribution in [0, 0.1) is 22.9 Å². The second kappa shape index (κ2) is 4.66. The molecule has 0 aliphatic carbocycles. The lowest BCUT2D eigenvalue weighted by atomic mass is 10.1. The van der Waals surface area contributed by atoms with E-state index in [2.05, 4.69) is 9.97 Å². The van der Waals surface area contributed by atoms with Crippen LogP contribution in [0.3, 0.4) is 0 Å². The van der Waals surface area contributed by atoms with Gasteiger partial charge in [-0.3, -0.25) is 10.1 Å². The summed E-state index contributed by atoms with van der Waals surface area (Å²) in [6.07, 6.45) is 0. The average molecular weight is 268 g/mol. The van der Waals surface area contributed by atoms with Crippen LogP contribution in [0.2, 0.25) is 5.15 Å². The molecule has 0 aliphatic rings. The molecule has 0 saturated carbocycles. The van der Waals surface area contributed by atoms with E-state index in [4.69, 9.17) is 11.6 Å². The van der Waals surface area contributed by atoms with Crippen LogP contribution in [-0.4, -0.2) is 14.9 Å². The van der Waals surface area contributed by atoms with Crippen LogP contribution in [0.15, 0.2) is 24.3 Å². The SMILES string of the molecule is Cc1nc(-c2ccccc2[N+](=O)[O-])nc(Cl)c1F. The number of para-hydroxylation sites is 1. The molecule has 0 spiro atoms. The van der Waals surface area contributed by atoms with Crippen molar-refractivity contribution in [1.29, 1.82) is 0 Å². The zero-order valence-electron chi connectivity index (χ0n) is 9.22. The molecule has 5 nitrogen and oxygen atoms in total. The third kappa shape index (κ3) is 2.14. The van der Waals surface area contributed by atoms with Gasteiger partial charge in [0.05, 0.1) is 16.2 Å². The van der Waals surface area contributed by atoms with E-state index in [-0.39, 0.29) is 27.9 Å². The summed E-state index contributed by atoms with van der Waals surface area (Å²) in [4.78, 5) is 17.9. The number of nitrogens with zero attached hydrogens (tertiary/aromatic N) is 3. The molecule has 1 aromatic heterocycles. The maximum Gasteiger partial charge on any atom is 0.280 e. The van der Waals surface area contributed by atoms with Crippen molar-refractivity contribution < 1.29 is 9.31 Å². The molecule has 0 atom stereocenters. The van der Waals surface area contributed by atoms with Gasteiger partial charge < -0.3 is 0 Å². The number of rotatable bonds is 2. The van der Waals surface area contributed by atoms with Gasteiger partial charge >= 0.3 is 0 Å². The molecule has 0 radical (unpaired) electrons. The second-order valence-corrected chi connectivity index (χ2v) is 3.87. The van der Waals surface area contributed by atoms with Gasteiger partial charge in [-0.05, 0) is 13.0 Å². The minimum Gasteiger partial charge on any atom is -0.258 e. The molecule has 1 aromatic carbocycles. The summed E-state index contributed by atoms with van der Waals surface area (Å²) < 4.78 is 13.3. The Kier molecular flexibility index (Phi) is 3.20. The number of benzene rings is 1. The Morgan fingerprint density at radius 2 is 2.00 bits per heavy atom. The van der Waals surface area contributed by atoms with Gasteiger partial charge in [0, 0.05) is 6.07 Å². The van der Waals surface area contributed by atoms with E-state index in [1.54, 1.807) is 6.07 Å². The summed E-state index contributed by atoms with van der Waals surface area (Å²) >= 11 is 5.60. The van der Waals surface area contributed by atoms with Crippen LogP contribution in [0.5, 0.6) is 0 Å². The van der Waals surface area contributed by atoms with Crippen LogP contribution >= 0.6 is 11.6 Å². The summed E-state index contributed by atoms with van der Waals surface area (Å²) in [7, 11) is 0. The molecule has 0 unspecified atom stereocenters. The Morgan fingerprint density at radius 3 is 2.61 bits per heavy atom. The number of aryl methyl sites for hydroxylation is 1. The van der Waals surface area contributed by atoms with Crippen molar-refractivity contribution in [1.82, 2.24) is 9.97 Å². The highest BCUT2D eigenvalue weighted by molar-refractivity contribution is 6.29. The Balaban J connectivity index is 2.66. The van der Waals surface area contributed by atoms with E-state index in [0.717, 1.165) is 0 Å². The van der Waals surface area contributed by atoms with E-state index < -0.39 is 10.7 Å². The van der Waals surface area contributed by atoms with Crippen molar-refractivity contribution in [2.45, 2.75) is 6.92 Å². The molecule has 0 aliphatic heterocycles. The molecule has 0 amide bonds. The highest BCUT2D eigenvalue weighted by Gasteiger charge is 2.19. The maximum absolute atomic E-state index is 13.3. The van der Waals surface area contributed by atoms with Gasteiger partial charge in [-0.2, -0.15) is 0 Å². The van der Waals surface area contributed by atoms with Crippen molar-refractivity contribution in [3.8, 4) is 11.4 Å². The molecule has 2 rings (SSSR count). The molecule has 18 heavy (non-hydrogen) atoms. The normalized spacial score (nSPS) is 10.4. The van der Waals surface area contributed by atoms with Crippen LogP contribution in [0.4, 0.5) is 10.1 Å². The number of nitro benzene ring substituents is 1. The number of hydrogen-bond acceptors (Lipinski definition) is 4. The minimum atomic E-state index is -0.723. The first-order valence-corrected chi connectivity index (χ1v) is 5.32. The highest BCUT2D eigenvalue weighted by atomic mass is 35.5. The number of hydrogen-bond donors (Lipinski definition) is 0. The zero-order valence-corrected chi connectivity index (χ0v) is 9.98. The fourth-order valence-electron chi connectivity index (χ4n) is 1.47. The summed E-state index contributed by atoms with van der Waals surface area (Å²) in [5, 5.41) is 10.5. The van der Waals surface area contributed by atoms with Crippen molar-refractivity contribution in [2.75, 3.05) is 0 Å². The van der Waals surface area contributed by atoms with E-state index in [1.807, 2.05) is 0 Å². The van der Waals surface area contributed by atoms with Gasteiger partial charge in [-0.15, -0.1) is 0 Å². The predicted molar refractivity (Wildman–Crippen MR) is 63.8 cm³/mol. The highest BCUT2D eigenvalue weighted by Crippen LogP contribution is 2.28. The molecular weight excluding hydrogens is 261 g/mol. The van der Waals surface area contributed by atoms with Crippen molar-refractivity contribution >= 4 is 17.3 Å². The Morgan fingerprint density at radius 1 is 1.33 bits per heavy atom. The van der Waals surface area contributed by atoms with E-state index in [0.29, 0.717) is 0 Å². The van der Waals surface area contributed by atoms with Gasteiger partial charge in [0.1, 0.15) is 0 Å². The summed E-state index contributed by atoms with van der Waals surface area (Å²) in [6, 6.07) is 5.95. The summed E-state index contributed by atoms with van der Waals surface area (Å²) in [5.41, 5.74) is 0.0928. The fraction of sp³-hybridized carbons (Fsp3) is 0.0909. The van der Waals surface area contributed by atoms with Gasteiger partial charge in [0.25, 0.3) is 5.69 Å². The quantitative estimate of drug-likeness (QED) is 0.476. The third-order valence-electron chi connectivity index (χ3n) is 2.32. The minimum absolute atomic E-state index is 0.0335. The van der Waals surface area contributed by atoms with Gasteiger partial charge in [0.2, 0.25) is 0 Å². The second-order valence-electron chi connectivity index (χ2n) is 3.51. The summed E-state index contributed by atoms with van der Waals surface area (Å²) in [6.45, 7) is 1.42. The number of halogens is 2. The predicted octanol–water partition coefficient (Wildman–Crippen LogP) is 3.15. The molecule has 92 valence electrons. The Hall–Kier alpha value is -2.08. The molecule has 0 bridgehead atoms. The van der Waals surface area contributed by atoms with E-state index in [1.165, 1.54) is 25.1 Å². The topological polar surface area (TPSA) is 68.9 Å². The smallest absolute Gasteiger partial charge is 0.258 e. The zero-order chi connectivity index (χ0) is 13.3. The van der Waals surface area contributed by atoms with Crippen LogP contribution in [-0.2, 0) is 0 Å². The number of aromatic nitrogens is 2. The van der Waals surface area contributed by atoms with Gasteiger partial charge in [-0.25, -0.2) is 14.4 Å².